The quantitative estimate of drug-likeness (QED) is 0.192. The molecule has 3 N–H and O–H groups in total. The first-order valence-electron chi connectivity index (χ1n) is 11.5. The monoisotopic (exact) mass is 394 g/mol. The molecule has 0 spiro atoms. The Hall–Kier alpha value is -1.72. The standard InChI is InChI=1S/C22H42N4O2/c1-3-5-6-7-8-9-10-11-12-13-14-15-16-17-24-20-19-21(28-18-4-2)25-22(23)26(20)27/h19,24H,3-18H2,1-2H3,(H2,23,25). The van der Waals surface area contributed by atoms with Crippen molar-refractivity contribution in [3.8, 4) is 5.88 Å². The van der Waals surface area contributed by atoms with Crippen molar-refractivity contribution in [1.82, 2.24) is 4.98 Å². The van der Waals surface area contributed by atoms with Gasteiger partial charge >= 0.3 is 5.95 Å². The molecule has 0 radical (unpaired) electrons. The van der Waals surface area contributed by atoms with E-state index < -0.39 is 0 Å². The number of rotatable bonds is 18. The summed E-state index contributed by atoms with van der Waals surface area (Å²) in [5, 5.41) is 15.1. The SMILES string of the molecule is CCCCCCCCCCCCCCCNc1cc(OCCC)nc(N)[n+]1[O-]. The van der Waals surface area contributed by atoms with E-state index in [4.69, 9.17) is 10.5 Å². The highest BCUT2D eigenvalue weighted by atomic mass is 16.5. The molecule has 0 aromatic carbocycles. The molecule has 1 heterocycles. The van der Waals surface area contributed by atoms with Crippen LogP contribution in [-0.4, -0.2) is 18.1 Å². The average Bonchev–Trinajstić information content (AvgIpc) is 2.69. The summed E-state index contributed by atoms with van der Waals surface area (Å²) in [6, 6.07) is 1.63. The Morgan fingerprint density at radius 1 is 0.893 bits per heavy atom. The molecule has 0 aliphatic carbocycles. The lowest BCUT2D eigenvalue weighted by Gasteiger charge is -2.14. The van der Waals surface area contributed by atoms with Gasteiger partial charge in [-0.1, -0.05) is 95.9 Å². The number of anilines is 2. The second-order valence-corrected chi connectivity index (χ2v) is 7.65. The number of nitrogens with one attached hydrogen (secondary N) is 1. The molecule has 0 atom stereocenters. The Morgan fingerprint density at radius 3 is 1.96 bits per heavy atom. The summed E-state index contributed by atoms with van der Waals surface area (Å²) in [6.45, 7) is 5.61. The van der Waals surface area contributed by atoms with Gasteiger partial charge in [-0.3, -0.25) is 0 Å². The van der Waals surface area contributed by atoms with E-state index in [0.717, 1.165) is 19.4 Å². The zero-order valence-corrected chi connectivity index (χ0v) is 18.2. The number of aromatic nitrogens is 2. The highest BCUT2D eigenvalue weighted by Gasteiger charge is 2.11. The summed E-state index contributed by atoms with van der Waals surface area (Å²) >= 11 is 0. The van der Waals surface area contributed by atoms with Crippen LogP contribution in [0, 0.1) is 5.21 Å². The maximum absolute atomic E-state index is 12.0. The molecule has 162 valence electrons. The lowest BCUT2D eigenvalue weighted by molar-refractivity contribution is -0.577. The highest BCUT2D eigenvalue weighted by Crippen LogP contribution is 2.14. The molecule has 0 fully saturated rings. The number of ether oxygens (including phenoxy) is 1. The van der Waals surface area contributed by atoms with Crippen LogP contribution in [0.4, 0.5) is 11.8 Å². The number of unbranched alkanes of at least 4 members (excludes halogenated alkanes) is 12. The molecular weight excluding hydrogens is 352 g/mol. The Kier molecular flexibility index (Phi) is 14.1. The molecule has 1 aromatic rings. The van der Waals surface area contributed by atoms with Gasteiger partial charge in [0.25, 0.3) is 5.88 Å². The van der Waals surface area contributed by atoms with Crippen LogP contribution < -0.4 is 20.5 Å². The van der Waals surface area contributed by atoms with Gasteiger partial charge in [0.05, 0.1) is 12.7 Å². The maximum atomic E-state index is 12.0. The summed E-state index contributed by atoms with van der Waals surface area (Å²) in [4.78, 5) is 3.95. The fraction of sp³-hybridized carbons (Fsp3) is 0.818. The van der Waals surface area contributed by atoms with E-state index in [1.807, 2.05) is 6.92 Å². The molecule has 0 amide bonds. The fourth-order valence-corrected chi connectivity index (χ4v) is 3.25. The highest BCUT2D eigenvalue weighted by molar-refractivity contribution is 5.36. The molecule has 0 unspecified atom stereocenters. The van der Waals surface area contributed by atoms with Crippen molar-refractivity contribution < 1.29 is 9.47 Å². The van der Waals surface area contributed by atoms with Gasteiger partial charge < -0.3 is 21.0 Å². The van der Waals surface area contributed by atoms with Crippen LogP contribution in [-0.2, 0) is 0 Å². The summed E-state index contributed by atoms with van der Waals surface area (Å²) in [5.41, 5.74) is 5.66. The van der Waals surface area contributed by atoms with Crippen molar-refractivity contribution in [2.45, 2.75) is 104 Å². The topological polar surface area (TPSA) is 87.1 Å². The number of nitrogens with zero attached hydrogens (tertiary/aromatic N) is 2. The van der Waals surface area contributed by atoms with Crippen LogP contribution in [0.3, 0.4) is 0 Å². The molecule has 0 saturated heterocycles. The minimum atomic E-state index is -0.0820. The minimum absolute atomic E-state index is 0.0820. The maximum Gasteiger partial charge on any atom is 0.347 e. The second kappa shape index (κ2) is 16.3. The summed E-state index contributed by atoms with van der Waals surface area (Å²) in [7, 11) is 0. The van der Waals surface area contributed by atoms with E-state index in [1.54, 1.807) is 6.07 Å². The van der Waals surface area contributed by atoms with Crippen molar-refractivity contribution >= 4 is 11.8 Å². The average molecular weight is 395 g/mol. The van der Waals surface area contributed by atoms with Gasteiger partial charge in [-0.15, -0.1) is 0 Å². The predicted octanol–water partition coefficient (Wildman–Crippen LogP) is 5.59. The second-order valence-electron chi connectivity index (χ2n) is 7.65. The van der Waals surface area contributed by atoms with Crippen molar-refractivity contribution in [3.63, 3.8) is 0 Å². The molecule has 0 aliphatic rings. The van der Waals surface area contributed by atoms with Gasteiger partial charge in [-0.05, 0) is 12.8 Å². The first kappa shape index (κ1) is 24.3. The Morgan fingerprint density at radius 2 is 1.43 bits per heavy atom. The van der Waals surface area contributed by atoms with Gasteiger partial charge in [-0.25, -0.2) is 4.73 Å². The van der Waals surface area contributed by atoms with Gasteiger partial charge in [-0.2, -0.15) is 0 Å². The third kappa shape index (κ3) is 11.2. The first-order valence-corrected chi connectivity index (χ1v) is 11.5. The lowest BCUT2D eigenvalue weighted by atomic mass is 10.0. The predicted molar refractivity (Wildman–Crippen MR) is 118 cm³/mol. The van der Waals surface area contributed by atoms with Crippen LogP contribution in [0.15, 0.2) is 6.07 Å². The largest absolute Gasteiger partial charge is 0.754 e. The molecule has 0 aliphatic heterocycles. The van der Waals surface area contributed by atoms with Gasteiger partial charge in [0, 0.05) is 6.54 Å². The number of nitrogens with two attached hydrogens (primary N) is 1. The minimum Gasteiger partial charge on any atom is -0.754 e. The summed E-state index contributed by atoms with van der Waals surface area (Å²) < 4.78 is 6.10. The van der Waals surface area contributed by atoms with Crippen molar-refractivity contribution in [2.24, 2.45) is 0 Å². The summed E-state index contributed by atoms with van der Waals surface area (Å²) in [5.74, 6) is 0.735. The Balaban J connectivity index is 2.03. The molecule has 6 heteroatoms. The van der Waals surface area contributed by atoms with Gasteiger partial charge in [0.15, 0.2) is 0 Å². The van der Waals surface area contributed by atoms with E-state index in [0.29, 0.717) is 23.0 Å². The van der Waals surface area contributed by atoms with Gasteiger partial charge in [0.2, 0.25) is 5.82 Å². The van der Waals surface area contributed by atoms with Crippen molar-refractivity contribution in [3.05, 3.63) is 11.3 Å². The number of hydrogen-bond donors (Lipinski definition) is 2. The van der Waals surface area contributed by atoms with E-state index in [9.17, 15) is 5.21 Å². The third-order valence-electron chi connectivity index (χ3n) is 4.95. The molecule has 1 aromatic heterocycles. The van der Waals surface area contributed by atoms with Crippen molar-refractivity contribution in [2.75, 3.05) is 24.2 Å². The lowest BCUT2D eigenvalue weighted by Crippen LogP contribution is -2.36. The molecule has 28 heavy (non-hydrogen) atoms. The van der Waals surface area contributed by atoms with Crippen LogP contribution in [0.5, 0.6) is 5.88 Å². The summed E-state index contributed by atoms with van der Waals surface area (Å²) in [6.07, 6.45) is 18.2. The first-order chi connectivity index (χ1) is 13.7. The zero-order chi connectivity index (χ0) is 20.5. The van der Waals surface area contributed by atoms with E-state index in [2.05, 4.69) is 17.2 Å². The number of hydrogen-bond acceptors (Lipinski definition) is 5. The Bertz CT molecular complexity index is 512. The third-order valence-corrected chi connectivity index (χ3v) is 4.95. The van der Waals surface area contributed by atoms with E-state index in [-0.39, 0.29) is 5.95 Å². The van der Waals surface area contributed by atoms with Crippen LogP contribution >= 0.6 is 0 Å². The van der Waals surface area contributed by atoms with Crippen LogP contribution in [0.25, 0.3) is 0 Å². The molecule has 1 rings (SSSR count). The smallest absolute Gasteiger partial charge is 0.347 e. The molecule has 6 nitrogen and oxygen atoms in total. The van der Waals surface area contributed by atoms with E-state index in [1.165, 1.54) is 77.0 Å². The van der Waals surface area contributed by atoms with Crippen LogP contribution in [0.1, 0.15) is 104 Å². The molecule has 0 saturated carbocycles. The molecule has 0 bridgehead atoms. The zero-order valence-electron chi connectivity index (χ0n) is 18.2. The normalized spacial score (nSPS) is 10.9. The van der Waals surface area contributed by atoms with Crippen LogP contribution in [0.2, 0.25) is 0 Å². The van der Waals surface area contributed by atoms with E-state index >= 15 is 0 Å². The van der Waals surface area contributed by atoms with Gasteiger partial charge in [0.1, 0.15) is 0 Å². The number of nitrogen functional groups attached to an aromatic ring is 1. The molecular formula is C22H42N4O2. The van der Waals surface area contributed by atoms with Crippen molar-refractivity contribution in [1.29, 1.82) is 0 Å². The Labute approximate surface area is 171 Å². The fourth-order valence-electron chi connectivity index (χ4n) is 3.25.